The molecule has 110 valence electrons. The molecule has 1 heterocycles. The Morgan fingerprint density at radius 3 is 2.81 bits per heavy atom. The lowest BCUT2D eigenvalue weighted by Crippen LogP contribution is -2.08. The zero-order valence-electron chi connectivity index (χ0n) is 10.8. The third kappa shape index (κ3) is 3.29. The van der Waals surface area contributed by atoms with Crippen molar-refractivity contribution in [2.45, 2.75) is 13.5 Å². The van der Waals surface area contributed by atoms with Gasteiger partial charge >= 0.3 is 5.97 Å². The van der Waals surface area contributed by atoms with Crippen LogP contribution in [0.15, 0.2) is 22.7 Å². The molecule has 21 heavy (non-hydrogen) atoms. The van der Waals surface area contributed by atoms with Gasteiger partial charge in [0.25, 0.3) is 5.69 Å². The van der Waals surface area contributed by atoms with E-state index in [4.69, 9.17) is 21.1 Å². The number of aromatic carboxylic acids is 1. The molecule has 0 aliphatic rings. The lowest BCUT2D eigenvalue weighted by atomic mass is 10.1. The number of nitro benzene ring substituents is 1. The third-order valence-electron chi connectivity index (χ3n) is 2.60. The predicted molar refractivity (Wildman–Crippen MR) is 73.6 cm³/mol. The number of aromatic nitrogens is 1. The molecule has 1 aromatic carbocycles. The number of oxazole rings is 1. The van der Waals surface area contributed by atoms with Gasteiger partial charge in [-0.3, -0.25) is 10.1 Å². The minimum Gasteiger partial charge on any atom is -0.478 e. The predicted octanol–water partition coefficient (Wildman–Crippen LogP) is 2.85. The third-order valence-corrected chi connectivity index (χ3v) is 2.90. The van der Waals surface area contributed by atoms with Crippen molar-refractivity contribution in [2.24, 2.45) is 0 Å². The first-order valence-electron chi connectivity index (χ1n) is 5.75. The first-order valence-corrected chi connectivity index (χ1v) is 6.12. The van der Waals surface area contributed by atoms with Crippen LogP contribution in [0.2, 0.25) is 5.02 Å². The summed E-state index contributed by atoms with van der Waals surface area (Å²) in [6.07, 6.45) is 1.52. The average molecular weight is 312 g/mol. The fourth-order valence-corrected chi connectivity index (χ4v) is 1.97. The highest BCUT2D eigenvalue weighted by atomic mass is 35.5. The van der Waals surface area contributed by atoms with Crippen LogP contribution in [0, 0.1) is 17.0 Å². The second-order valence-electron chi connectivity index (χ2n) is 4.13. The zero-order valence-corrected chi connectivity index (χ0v) is 11.5. The number of aryl methyl sites for hydroxylation is 1. The summed E-state index contributed by atoms with van der Waals surface area (Å²) in [5.41, 5.74) is -0.613. The van der Waals surface area contributed by atoms with Crippen LogP contribution in [-0.4, -0.2) is 21.0 Å². The minimum atomic E-state index is -1.33. The standard InChI is InChI=1S/C12H10ClN3O5/c1-6-4-14-10(21-6)5-15-11-8(12(17)18)2-7(16(19)20)3-9(11)13/h2-4,15H,5H2,1H3,(H,17,18). The average Bonchev–Trinajstić information content (AvgIpc) is 2.82. The van der Waals surface area contributed by atoms with Crippen molar-refractivity contribution in [3.8, 4) is 0 Å². The van der Waals surface area contributed by atoms with Crippen LogP contribution in [0.1, 0.15) is 22.0 Å². The molecule has 0 atom stereocenters. The van der Waals surface area contributed by atoms with Crippen molar-refractivity contribution in [2.75, 3.05) is 5.32 Å². The monoisotopic (exact) mass is 311 g/mol. The molecular weight excluding hydrogens is 302 g/mol. The van der Waals surface area contributed by atoms with Crippen LogP contribution in [0.3, 0.4) is 0 Å². The Bertz CT molecular complexity index is 713. The van der Waals surface area contributed by atoms with Crippen molar-refractivity contribution in [3.05, 3.63) is 50.7 Å². The molecule has 0 saturated heterocycles. The molecule has 0 amide bonds. The molecule has 0 fully saturated rings. The van der Waals surface area contributed by atoms with Crippen LogP contribution in [0.4, 0.5) is 11.4 Å². The number of carbonyl (C=O) groups is 1. The van der Waals surface area contributed by atoms with Crippen molar-refractivity contribution in [1.82, 2.24) is 4.98 Å². The molecule has 9 heteroatoms. The van der Waals surface area contributed by atoms with E-state index in [0.717, 1.165) is 12.1 Å². The number of carboxylic acid groups (broad SMARTS) is 1. The second kappa shape index (κ2) is 5.80. The Balaban J connectivity index is 2.33. The quantitative estimate of drug-likeness (QED) is 0.643. The molecule has 1 aromatic heterocycles. The maximum Gasteiger partial charge on any atom is 0.338 e. The van der Waals surface area contributed by atoms with E-state index in [1.807, 2.05) is 0 Å². The highest BCUT2D eigenvalue weighted by Crippen LogP contribution is 2.31. The van der Waals surface area contributed by atoms with Gasteiger partial charge in [0.15, 0.2) is 0 Å². The number of rotatable bonds is 5. The van der Waals surface area contributed by atoms with Crippen LogP contribution in [-0.2, 0) is 6.54 Å². The van der Waals surface area contributed by atoms with Crippen LogP contribution in [0.25, 0.3) is 0 Å². The van der Waals surface area contributed by atoms with E-state index < -0.39 is 16.6 Å². The van der Waals surface area contributed by atoms with Gasteiger partial charge in [-0.05, 0) is 6.92 Å². The van der Waals surface area contributed by atoms with Crippen LogP contribution < -0.4 is 5.32 Å². The van der Waals surface area contributed by atoms with E-state index in [2.05, 4.69) is 10.3 Å². The van der Waals surface area contributed by atoms with Crippen LogP contribution in [0.5, 0.6) is 0 Å². The Hall–Kier alpha value is -2.61. The lowest BCUT2D eigenvalue weighted by Gasteiger charge is -2.10. The maximum absolute atomic E-state index is 11.2. The summed E-state index contributed by atoms with van der Waals surface area (Å²) in [5.74, 6) is -0.370. The summed E-state index contributed by atoms with van der Waals surface area (Å²) in [5, 5.41) is 22.6. The van der Waals surface area contributed by atoms with Gasteiger partial charge in [-0.25, -0.2) is 9.78 Å². The molecule has 2 aromatic rings. The number of benzene rings is 1. The normalized spacial score (nSPS) is 10.4. The molecule has 0 radical (unpaired) electrons. The highest BCUT2D eigenvalue weighted by Gasteiger charge is 2.20. The summed E-state index contributed by atoms with van der Waals surface area (Å²) >= 11 is 5.91. The van der Waals surface area contributed by atoms with E-state index in [1.54, 1.807) is 6.92 Å². The van der Waals surface area contributed by atoms with Crippen molar-refractivity contribution in [1.29, 1.82) is 0 Å². The summed E-state index contributed by atoms with van der Waals surface area (Å²) in [6.45, 7) is 1.82. The van der Waals surface area contributed by atoms with Gasteiger partial charge in [-0.15, -0.1) is 0 Å². The van der Waals surface area contributed by atoms with Gasteiger partial charge in [0.05, 0.1) is 33.9 Å². The molecule has 0 saturated carbocycles. The molecule has 0 spiro atoms. The van der Waals surface area contributed by atoms with Gasteiger partial charge < -0.3 is 14.8 Å². The van der Waals surface area contributed by atoms with Gasteiger partial charge in [0, 0.05) is 12.1 Å². The van der Waals surface area contributed by atoms with Crippen LogP contribution >= 0.6 is 11.6 Å². The molecule has 2 rings (SSSR count). The summed E-state index contributed by atoms with van der Waals surface area (Å²) in [6, 6.07) is 2.02. The number of halogens is 1. The number of hydrogen-bond donors (Lipinski definition) is 2. The topological polar surface area (TPSA) is 118 Å². The Morgan fingerprint density at radius 1 is 1.57 bits per heavy atom. The minimum absolute atomic E-state index is 0.0649. The largest absolute Gasteiger partial charge is 0.478 e. The van der Waals surface area contributed by atoms with E-state index >= 15 is 0 Å². The Labute approximate surface area is 123 Å². The van der Waals surface area contributed by atoms with E-state index in [9.17, 15) is 14.9 Å². The number of nitro groups is 1. The summed E-state index contributed by atoms with van der Waals surface area (Å²) < 4.78 is 5.24. The van der Waals surface area contributed by atoms with Crippen molar-refractivity contribution in [3.63, 3.8) is 0 Å². The molecule has 0 aliphatic heterocycles. The molecule has 0 bridgehead atoms. The highest BCUT2D eigenvalue weighted by molar-refractivity contribution is 6.34. The maximum atomic E-state index is 11.2. The number of nitrogens with one attached hydrogen (secondary N) is 1. The Kier molecular flexibility index (Phi) is 4.08. The zero-order chi connectivity index (χ0) is 15.6. The number of anilines is 1. The number of hydrogen-bond acceptors (Lipinski definition) is 6. The van der Waals surface area contributed by atoms with Gasteiger partial charge in [0.1, 0.15) is 5.76 Å². The summed E-state index contributed by atoms with van der Waals surface area (Å²) in [7, 11) is 0. The molecule has 2 N–H and O–H groups in total. The fraction of sp³-hybridized carbons (Fsp3) is 0.167. The second-order valence-corrected chi connectivity index (χ2v) is 4.54. The van der Waals surface area contributed by atoms with Gasteiger partial charge in [-0.2, -0.15) is 0 Å². The SMILES string of the molecule is Cc1cnc(CNc2c(Cl)cc([N+](=O)[O-])cc2C(=O)O)o1. The van der Waals surface area contributed by atoms with E-state index in [-0.39, 0.29) is 22.8 Å². The number of nitrogens with zero attached hydrogens (tertiary/aromatic N) is 2. The van der Waals surface area contributed by atoms with Gasteiger partial charge in [-0.1, -0.05) is 11.6 Å². The molecule has 0 unspecified atom stereocenters. The fourth-order valence-electron chi connectivity index (χ4n) is 1.69. The molecule has 8 nitrogen and oxygen atoms in total. The van der Waals surface area contributed by atoms with Gasteiger partial charge in [0.2, 0.25) is 5.89 Å². The van der Waals surface area contributed by atoms with Crippen molar-refractivity contribution < 1.29 is 19.2 Å². The smallest absolute Gasteiger partial charge is 0.338 e. The Morgan fingerprint density at radius 2 is 2.29 bits per heavy atom. The lowest BCUT2D eigenvalue weighted by molar-refractivity contribution is -0.384. The summed E-state index contributed by atoms with van der Waals surface area (Å²) in [4.78, 5) is 25.2. The molecular formula is C12H10ClN3O5. The van der Waals surface area contributed by atoms with E-state index in [0.29, 0.717) is 11.7 Å². The van der Waals surface area contributed by atoms with E-state index in [1.165, 1.54) is 6.20 Å². The first kappa shape index (κ1) is 14.8. The number of non-ortho nitro benzene ring substituents is 1. The van der Waals surface area contributed by atoms with Crippen molar-refractivity contribution >= 4 is 28.9 Å². The first-order chi connectivity index (χ1) is 9.88. The number of carboxylic acids is 1. The molecule has 0 aliphatic carbocycles.